The van der Waals surface area contributed by atoms with Gasteiger partial charge in [0.25, 0.3) is 0 Å². The predicted molar refractivity (Wildman–Crippen MR) is 87.0 cm³/mol. The normalized spacial score (nSPS) is 21.0. The van der Waals surface area contributed by atoms with Crippen molar-refractivity contribution in [2.45, 2.75) is 38.3 Å². The number of hydrogen-bond acceptors (Lipinski definition) is 3. The first-order valence-corrected chi connectivity index (χ1v) is 8.29. The van der Waals surface area contributed by atoms with Crippen LogP contribution in [0.1, 0.15) is 37.8 Å². The number of likely N-dealkylation sites (tertiary alicyclic amines) is 1. The SMILES string of the molecule is CC(NC(=O)CN1CCCCC1CO)c1ccc(Br)cc1. The second-order valence-corrected chi connectivity index (χ2v) is 6.56. The highest BCUT2D eigenvalue weighted by Crippen LogP contribution is 2.18. The summed E-state index contributed by atoms with van der Waals surface area (Å²) < 4.78 is 1.03. The van der Waals surface area contributed by atoms with Gasteiger partial charge >= 0.3 is 0 Å². The highest BCUT2D eigenvalue weighted by Gasteiger charge is 2.23. The standard InChI is InChI=1S/C16H23BrN2O2/c1-12(13-5-7-14(17)8-6-13)18-16(21)10-19-9-3-2-4-15(19)11-20/h5-8,12,15,20H,2-4,9-11H2,1H3,(H,18,21). The Morgan fingerprint density at radius 3 is 2.81 bits per heavy atom. The Bertz CT molecular complexity index is 464. The van der Waals surface area contributed by atoms with Gasteiger partial charge in [-0.2, -0.15) is 0 Å². The molecule has 0 aromatic heterocycles. The van der Waals surface area contributed by atoms with Gasteiger partial charge in [0.05, 0.1) is 19.2 Å². The van der Waals surface area contributed by atoms with E-state index in [9.17, 15) is 9.90 Å². The van der Waals surface area contributed by atoms with Crippen LogP contribution < -0.4 is 5.32 Å². The third kappa shape index (κ3) is 4.80. The molecule has 1 amide bonds. The zero-order valence-corrected chi connectivity index (χ0v) is 14.0. The number of aliphatic hydroxyl groups excluding tert-OH is 1. The monoisotopic (exact) mass is 354 g/mol. The van der Waals surface area contributed by atoms with Crippen LogP contribution in [0.15, 0.2) is 28.7 Å². The van der Waals surface area contributed by atoms with Crippen LogP contribution in [0, 0.1) is 0 Å². The quantitative estimate of drug-likeness (QED) is 0.853. The molecule has 0 radical (unpaired) electrons. The van der Waals surface area contributed by atoms with Crippen LogP contribution in [0.2, 0.25) is 0 Å². The minimum Gasteiger partial charge on any atom is -0.395 e. The lowest BCUT2D eigenvalue weighted by Crippen LogP contribution is -2.47. The Balaban J connectivity index is 1.87. The van der Waals surface area contributed by atoms with E-state index in [1.165, 1.54) is 0 Å². The van der Waals surface area contributed by atoms with E-state index in [1.54, 1.807) is 0 Å². The highest BCUT2D eigenvalue weighted by molar-refractivity contribution is 9.10. The number of nitrogens with zero attached hydrogens (tertiary/aromatic N) is 1. The number of benzene rings is 1. The van der Waals surface area contributed by atoms with E-state index < -0.39 is 0 Å². The molecule has 1 heterocycles. The summed E-state index contributed by atoms with van der Waals surface area (Å²) in [7, 11) is 0. The molecule has 2 atom stereocenters. The molecule has 1 saturated heterocycles. The van der Waals surface area contributed by atoms with E-state index in [-0.39, 0.29) is 24.6 Å². The predicted octanol–water partition coefficient (Wildman–Crippen LogP) is 2.47. The third-order valence-electron chi connectivity index (χ3n) is 4.05. The Morgan fingerprint density at radius 1 is 1.43 bits per heavy atom. The topological polar surface area (TPSA) is 52.6 Å². The number of rotatable bonds is 5. The summed E-state index contributed by atoms with van der Waals surface area (Å²) in [5.41, 5.74) is 1.09. The maximum absolute atomic E-state index is 12.2. The third-order valence-corrected chi connectivity index (χ3v) is 4.58. The Kier molecular flexibility index (Phi) is 6.21. The average molecular weight is 355 g/mol. The van der Waals surface area contributed by atoms with Crippen molar-refractivity contribution >= 4 is 21.8 Å². The van der Waals surface area contributed by atoms with Crippen LogP contribution in [0.3, 0.4) is 0 Å². The molecular formula is C16H23BrN2O2. The first-order valence-electron chi connectivity index (χ1n) is 7.50. The molecule has 4 nitrogen and oxygen atoms in total. The van der Waals surface area contributed by atoms with Crippen LogP contribution in [0.25, 0.3) is 0 Å². The second kappa shape index (κ2) is 7.92. The van der Waals surface area contributed by atoms with Crippen molar-refractivity contribution < 1.29 is 9.90 Å². The van der Waals surface area contributed by atoms with Crippen molar-refractivity contribution in [1.82, 2.24) is 10.2 Å². The number of piperidine rings is 1. The van der Waals surface area contributed by atoms with E-state index in [4.69, 9.17) is 0 Å². The van der Waals surface area contributed by atoms with E-state index in [2.05, 4.69) is 26.1 Å². The van der Waals surface area contributed by atoms with Gasteiger partial charge in [0.2, 0.25) is 5.91 Å². The Hall–Kier alpha value is -0.910. The van der Waals surface area contributed by atoms with Crippen molar-refractivity contribution in [3.63, 3.8) is 0 Å². The molecule has 5 heteroatoms. The van der Waals surface area contributed by atoms with E-state index in [0.717, 1.165) is 35.8 Å². The summed E-state index contributed by atoms with van der Waals surface area (Å²) >= 11 is 3.41. The summed E-state index contributed by atoms with van der Waals surface area (Å²) in [4.78, 5) is 14.3. The molecule has 0 aliphatic carbocycles. The maximum Gasteiger partial charge on any atom is 0.234 e. The summed E-state index contributed by atoms with van der Waals surface area (Å²) in [6, 6.07) is 8.09. The fourth-order valence-electron chi connectivity index (χ4n) is 2.78. The zero-order chi connectivity index (χ0) is 15.2. The van der Waals surface area contributed by atoms with Crippen molar-refractivity contribution in [3.05, 3.63) is 34.3 Å². The lowest BCUT2D eigenvalue weighted by molar-refractivity contribution is -0.124. The van der Waals surface area contributed by atoms with Gasteiger partial charge in [-0.1, -0.05) is 34.5 Å². The van der Waals surface area contributed by atoms with Crippen molar-refractivity contribution in [2.75, 3.05) is 19.7 Å². The molecule has 0 saturated carbocycles. The number of amides is 1. The molecule has 1 aromatic carbocycles. The number of nitrogens with one attached hydrogen (secondary N) is 1. The summed E-state index contributed by atoms with van der Waals surface area (Å²) in [6.45, 7) is 3.38. The number of aliphatic hydroxyl groups is 1. The van der Waals surface area contributed by atoms with Crippen LogP contribution >= 0.6 is 15.9 Å². The largest absolute Gasteiger partial charge is 0.395 e. The van der Waals surface area contributed by atoms with Gasteiger partial charge in [0, 0.05) is 10.5 Å². The average Bonchev–Trinajstić information content (AvgIpc) is 2.48. The van der Waals surface area contributed by atoms with Crippen molar-refractivity contribution in [1.29, 1.82) is 0 Å². The first kappa shape index (κ1) is 16.5. The van der Waals surface area contributed by atoms with Gasteiger partial charge in [0.15, 0.2) is 0 Å². The fourth-order valence-corrected chi connectivity index (χ4v) is 3.05. The number of carbonyl (C=O) groups is 1. The molecule has 1 aliphatic heterocycles. The van der Waals surface area contributed by atoms with Crippen LogP contribution in [0.5, 0.6) is 0 Å². The summed E-state index contributed by atoms with van der Waals surface area (Å²) in [5.74, 6) is 0.0192. The van der Waals surface area contributed by atoms with Crippen molar-refractivity contribution in [3.8, 4) is 0 Å². The van der Waals surface area contributed by atoms with Gasteiger partial charge in [-0.15, -0.1) is 0 Å². The summed E-state index contributed by atoms with van der Waals surface area (Å²) in [6.07, 6.45) is 3.22. The Morgan fingerprint density at radius 2 is 2.14 bits per heavy atom. The van der Waals surface area contributed by atoms with Gasteiger partial charge in [-0.3, -0.25) is 9.69 Å². The molecule has 2 rings (SSSR count). The number of hydrogen-bond donors (Lipinski definition) is 2. The van der Waals surface area contributed by atoms with Gasteiger partial charge in [-0.05, 0) is 44.0 Å². The molecule has 0 spiro atoms. The zero-order valence-electron chi connectivity index (χ0n) is 12.4. The van der Waals surface area contributed by atoms with Crippen LogP contribution in [-0.2, 0) is 4.79 Å². The van der Waals surface area contributed by atoms with E-state index >= 15 is 0 Å². The minimum absolute atomic E-state index is 0.0111. The molecule has 1 aromatic rings. The lowest BCUT2D eigenvalue weighted by atomic mass is 10.0. The molecule has 2 unspecified atom stereocenters. The maximum atomic E-state index is 12.2. The highest BCUT2D eigenvalue weighted by atomic mass is 79.9. The number of carbonyl (C=O) groups excluding carboxylic acids is 1. The molecule has 116 valence electrons. The summed E-state index contributed by atoms with van der Waals surface area (Å²) in [5, 5.41) is 12.4. The number of halogens is 1. The molecule has 1 aliphatic rings. The molecular weight excluding hydrogens is 332 g/mol. The smallest absolute Gasteiger partial charge is 0.234 e. The second-order valence-electron chi connectivity index (χ2n) is 5.64. The fraction of sp³-hybridized carbons (Fsp3) is 0.562. The van der Waals surface area contributed by atoms with Crippen molar-refractivity contribution in [2.24, 2.45) is 0 Å². The van der Waals surface area contributed by atoms with E-state index in [1.807, 2.05) is 31.2 Å². The first-order chi connectivity index (χ1) is 10.1. The molecule has 2 N–H and O–H groups in total. The lowest BCUT2D eigenvalue weighted by Gasteiger charge is -2.34. The van der Waals surface area contributed by atoms with Crippen LogP contribution in [-0.4, -0.2) is 41.7 Å². The molecule has 0 bridgehead atoms. The van der Waals surface area contributed by atoms with Gasteiger partial charge in [-0.25, -0.2) is 0 Å². The molecule has 1 fully saturated rings. The minimum atomic E-state index is -0.0111. The van der Waals surface area contributed by atoms with Gasteiger partial charge < -0.3 is 10.4 Å². The van der Waals surface area contributed by atoms with E-state index in [0.29, 0.717) is 6.54 Å². The Labute approximate surface area is 134 Å². The van der Waals surface area contributed by atoms with Gasteiger partial charge in [0.1, 0.15) is 0 Å². The molecule has 21 heavy (non-hydrogen) atoms. The van der Waals surface area contributed by atoms with Crippen LogP contribution in [0.4, 0.5) is 0 Å².